The monoisotopic (exact) mass is 497 g/mol. The minimum Gasteiger partial charge on any atom is -0.493 e. The highest BCUT2D eigenvalue weighted by Crippen LogP contribution is 2.31. The zero-order valence-electron chi connectivity index (χ0n) is 18.6. The summed E-state index contributed by atoms with van der Waals surface area (Å²) in [5, 5.41) is 4.70. The normalized spacial score (nSPS) is 10.9. The molecule has 0 heterocycles. The Kier molecular flexibility index (Phi) is 12.4. The molecule has 0 aliphatic carbocycles. The number of oxime groups is 1. The molecule has 0 amide bonds. The van der Waals surface area contributed by atoms with Crippen molar-refractivity contribution in [1.82, 2.24) is 0 Å². The molecule has 2 rings (SSSR count). The van der Waals surface area contributed by atoms with Crippen LogP contribution in [0.25, 0.3) is 0 Å². The first-order chi connectivity index (χ1) is 15.5. The van der Waals surface area contributed by atoms with Crippen LogP contribution < -0.4 is 9.47 Å². The van der Waals surface area contributed by atoms with Crippen molar-refractivity contribution in [3.05, 3.63) is 68.7 Å². The van der Waals surface area contributed by atoms with Crippen molar-refractivity contribution in [2.75, 3.05) is 19.8 Å². The Bertz CT molecular complexity index is 853. The third kappa shape index (κ3) is 9.72. The fraction of sp³-hybridized carbons (Fsp3) is 0.400. The third-order valence-electron chi connectivity index (χ3n) is 4.74. The lowest BCUT2D eigenvalue weighted by Gasteiger charge is -2.17. The molecule has 0 aliphatic heterocycles. The van der Waals surface area contributed by atoms with Crippen LogP contribution in [0.4, 0.5) is 0 Å². The van der Waals surface area contributed by atoms with Crippen LogP contribution in [0.1, 0.15) is 49.8 Å². The molecule has 0 saturated carbocycles. The zero-order valence-corrected chi connectivity index (χ0v) is 20.8. The number of unbranched alkanes of at least 4 members (excludes halogenated alkanes) is 2. The van der Waals surface area contributed by atoms with Gasteiger partial charge in [0.05, 0.1) is 12.8 Å². The molecule has 0 aliphatic rings. The number of rotatable bonds is 14. The molecule has 7 heteroatoms. The Morgan fingerprint density at radius 3 is 2.19 bits per heavy atom. The fourth-order valence-electron chi connectivity index (χ4n) is 3.04. The van der Waals surface area contributed by atoms with Crippen LogP contribution in [-0.2, 0) is 17.7 Å². The van der Waals surface area contributed by atoms with Crippen molar-refractivity contribution in [3.8, 4) is 11.5 Å². The van der Waals surface area contributed by atoms with Crippen molar-refractivity contribution in [1.29, 1.82) is 0 Å². The molecule has 174 valence electrons. The van der Waals surface area contributed by atoms with Crippen molar-refractivity contribution >= 4 is 41.0 Å². The van der Waals surface area contributed by atoms with Gasteiger partial charge in [-0.05, 0) is 79.1 Å². The Balaban J connectivity index is 1.73. The summed E-state index contributed by atoms with van der Waals surface area (Å²) in [5.74, 6) is 1.77. The molecular formula is C25H30Cl3NO3. The minimum atomic E-state index is 0.204. The number of hydrogen-bond acceptors (Lipinski definition) is 4. The van der Waals surface area contributed by atoms with Crippen molar-refractivity contribution in [2.24, 2.45) is 5.16 Å². The highest BCUT2D eigenvalue weighted by Gasteiger charge is 2.11. The van der Waals surface area contributed by atoms with E-state index in [4.69, 9.17) is 49.1 Å². The lowest BCUT2D eigenvalue weighted by Crippen LogP contribution is -2.05. The second-order valence-electron chi connectivity index (χ2n) is 7.11. The van der Waals surface area contributed by atoms with Gasteiger partial charge in [0, 0.05) is 5.02 Å². The van der Waals surface area contributed by atoms with Gasteiger partial charge in [0.2, 0.25) is 0 Å². The topological polar surface area (TPSA) is 40.0 Å². The summed E-state index contributed by atoms with van der Waals surface area (Å²) < 4.78 is 12.1. The van der Waals surface area contributed by atoms with Gasteiger partial charge in [-0.3, -0.25) is 0 Å². The van der Waals surface area contributed by atoms with Gasteiger partial charge in [-0.1, -0.05) is 65.9 Å². The van der Waals surface area contributed by atoms with E-state index >= 15 is 0 Å². The first kappa shape index (κ1) is 26.4. The number of aryl methyl sites for hydroxylation is 2. The van der Waals surface area contributed by atoms with Crippen LogP contribution in [0.2, 0.25) is 5.02 Å². The fourth-order valence-corrected chi connectivity index (χ4v) is 3.29. The standard InChI is InChI=1S/C25H30Cl3NO3/c1-3-20-16-23(30-15-12-24(27)28)17-21(4-2)25(20)31-13-6-5-7-14-32-29-18-19-8-10-22(26)11-9-19/h8-12,16-18H,3-7,13-15H2,1-2H3. The smallest absolute Gasteiger partial charge is 0.125 e. The van der Waals surface area contributed by atoms with E-state index in [0.29, 0.717) is 24.8 Å². The second-order valence-corrected chi connectivity index (χ2v) is 8.56. The van der Waals surface area contributed by atoms with Gasteiger partial charge >= 0.3 is 0 Å². The van der Waals surface area contributed by atoms with Crippen LogP contribution in [0.15, 0.2) is 52.1 Å². The van der Waals surface area contributed by atoms with E-state index in [1.54, 1.807) is 12.3 Å². The van der Waals surface area contributed by atoms with Crippen LogP contribution in [-0.4, -0.2) is 26.0 Å². The van der Waals surface area contributed by atoms with E-state index in [2.05, 4.69) is 19.0 Å². The minimum absolute atomic E-state index is 0.204. The zero-order chi connectivity index (χ0) is 23.2. The Morgan fingerprint density at radius 2 is 1.56 bits per heavy atom. The number of hydrogen-bond donors (Lipinski definition) is 0. The van der Waals surface area contributed by atoms with Gasteiger partial charge in [0.1, 0.15) is 29.2 Å². The highest BCUT2D eigenvalue weighted by atomic mass is 35.5. The number of ether oxygens (including phenoxy) is 2. The van der Waals surface area contributed by atoms with E-state index in [1.807, 2.05) is 36.4 Å². The van der Waals surface area contributed by atoms with Crippen LogP contribution in [0.3, 0.4) is 0 Å². The molecule has 0 aromatic heterocycles. The van der Waals surface area contributed by atoms with E-state index < -0.39 is 0 Å². The molecule has 0 atom stereocenters. The van der Waals surface area contributed by atoms with Gasteiger partial charge in [-0.15, -0.1) is 0 Å². The summed E-state index contributed by atoms with van der Waals surface area (Å²) in [7, 11) is 0. The van der Waals surface area contributed by atoms with E-state index in [1.165, 1.54) is 0 Å². The summed E-state index contributed by atoms with van der Waals surface area (Å²) >= 11 is 17.1. The molecule has 0 saturated heterocycles. The molecule has 2 aromatic rings. The summed E-state index contributed by atoms with van der Waals surface area (Å²) in [5.41, 5.74) is 3.23. The largest absolute Gasteiger partial charge is 0.493 e. The van der Waals surface area contributed by atoms with Crippen LogP contribution in [0, 0.1) is 0 Å². The van der Waals surface area contributed by atoms with Crippen molar-refractivity contribution in [3.63, 3.8) is 0 Å². The van der Waals surface area contributed by atoms with Crippen LogP contribution in [0.5, 0.6) is 11.5 Å². The van der Waals surface area contributed by atoms with Gasteiger partial charge in [0.15, 0.2) is 0 Å². The molecule has 0 radical (unpaired) electrons. The predicted octanol–water partition coefficient (Wildman–Crippen LogP) is 7.76. The SMILES string of the molecule is CCc1cc(OCC=C(Cl)Cl)cc(CC)c1OCCCCCON=Cc1ccc(Cl)cc1. The molecule has 0 spiro atoms. The summed E-state index contributed by atoms with van der Waals surface area (Å²) in [6, 6.07) is 11.5. The molecular weight excluding hydrogens is 469 g/mol. The molecule has 0 bridgehead atoms. The van der Waals surface area contributed by atoms with Gasteiger partial charge < -0.3 is 14.3 Å². The van der Waals surface area contributed by atoms with Gasteiger partial charge in [-0.2, -0.15) is 0 Å². The maximum absolute atomic E-state index is 6.15. The summed E-state index contributed by atoms with van der Waals surface area (Å²) in [6.45, 7) is 5.81. The second kappa shape index (κ2) is 15.0. The molecule has 32 heavy (non-hydrogen) atoms. The van der Waals surface area contributed by atoms with E-state index in [-0.39, 0.29) is 4.49 Å². The maximum atomic E-state index is 6.15. The summed E-state index contributed by atoms with van der Waals surface area (Å²) in [4.78, 5) is 5.33. The van der Waals surface area contributed by atoms with Crippen molar-refractivity contribution < 1.29 is 14.3 Å². The molecule has 4 nitrogen and oxygen atoms in total. The Labute approximate surface area is 206 Å². The first-order valence-electron chi connectivity index (χ1n) is 10.9. The summed E-state index contributed by atoms with van der Waals surface area (Å²) in [6.07, 6.45) is 7.92. The number of benzene rings is 2. The lowest BCUT2D eigenvalue weighted by atomic mass is 10.0. The highest BCUT2D eigenvalue weighted by molar-refractivity contribution is 6.55. The van der Waals surface area contributed by atoms with E-state index in [0.717, 1.165) is 60.3 Å². The van der Waals surface area contributed by atoms with Crippen molar-refractivity contribution in [2.45, 2.75) is 46.0 Å². The molecule has 2 aromatic carbocycles. The lowest BCUT2D eigenvalue weighted by molar-refractivity contribution is 0.140. The number of nitrogens with zero attached hydrogens (tertiary/aromatic N) is 1. The first-order valence-corrected chi connectivity index (χ1v) is 12.0. The maximum Gasteiger partial charge on any atom is 0.125 e. The quantitative estimate of drug-likeness (QED) is 0.152. The van der Waals surface area contributed by atoms with E-state index in [9.17, 15) is 0 Å². The number of halogens is 3. The van der Waals surface area contributed by atoms with Crippen LogP contribution >= 0.6 is 34.8 Å². The third-order valence-corrected chi connectivity index (χ3v) is 5.30. The van der Waals surface area contributed by atoms with Gasteiger partial charge in [-0.25, -0.2) is 0 Å². The molecule has 0 N–H and O–H groups in total. The Hall–Kier alpha value is -1.88. The average molecular weight is 499 g/mol. The van der Waals surface area contributed by atoms with Gasteiger partial charge in [0.25, 0.3) is 0 Å². The molecule has 0 fully saturated rings. The molecule has 0 unspecified atom stereocenters. The average Bonchev–Trinajstić information content (AvgIpc) is 2.79. The predicted molar refractivity (Wildman–Crippen MR) is 135 cm³/mol. The Morgan fingerprint density at radius 1 is 0.906 bits per heavy atom.